The normalized spacial score (nSPS) is 43.3. The molecule has 13 nitrogen and oxygen atoms in total. The third-order valence-corrected chi connectivity index (χ3v) is 11.6. The molecule has 2 fully saturated rings. The van der Waals surface area contributed by atoms with Crippen molar-refractivity contribution in [3.8, 4) is 0 Å². The van der Waals surface area contributed by atoms with Gasteiger partial charge in [-0.15, -0.1) is 11.3 Å². The second-order valence-corrected chi connectivity index (χ2v) is 16.1. The number of nitrogens with one attached hydrogen (secondary N) is 1. The molecule has 2 aliphatic heterocycles. The highest BCUT2D eigenvalue weighted by Gasteiger charge is 2.51. The van der Waals surface area contributed by atoms with Crippen molar-refractivity contribution in [3.05, 3.63) is 16.6 Å². The van der Waals surface area contributed by atoms with Gasteiger partial charge in [-0.1, -0.05) is 27.7 Å². The van der Waals surface area contributed by atoms with E-state index >= 15 is 0 Å². The molecule has 2 saturated heterocycles. The smallest absolute Gasteiger partial charge is 0.311 e. The molecule has 49 heavy (non-hydrogen) atoms. The van der Waals surface area contributed by atoms with E-state index < -0.39 is 83.8 Å². The first kappa shape index (κ1) is 42.1. The minimum absolute atomic E-state index is 0.0270. The third kappa shape index (κ3) is 10.4. The summed E-state index contributed by atoms with van der Waals surface area (Å²) in [5.74, 6) is -4.23. The van der Waals surface area contributed by atoms with Crippen LogP contribution in [0.5, 0.6) is 0 Å². The van der Waals surface area contributed by atoms with Crippen LogP contribution in [0.4, 0.5) is 0 Å². The van der Waals surface area contributed by atoms with E-state index in [0.29, 0.717) is 19.5 Å². The molecule has 14 heteroatoms. The second kappa shape index (κ2) is 18.0. The van der Waals surface area contributed by atoms with Crippen LogP contribution in [0.1, 0.15) is 86.1 Å². The molecule has 7 N–H and O–H groups in total. The van der Waals surface area contributed by atoms with Crippen molar-refractivity contribution in [2.45, 2.75) is 154 Å². The molecule has 0 aliphatic carbocycles. The molecular formula is C35H63N3O10S. The topological polar surface area (TPSA) is 194 Å². The molecule has 1 aromatic heterocycles. The van der Waals surface area contributed by atoms with Crippen molar-refractivity contribution >= 4 is 17.3 Å². The largest absolute Gasteiger partial charge is 0.459 e. The SMILES string of the molecule is CC[C@H]1OC(=O)[C@H](C)[C@@H](O)[C@H](C)[C@@H](O[C@@H]2O[C@H](C)CC(N(C)CCCNCc3nccs3)[C@H]2O)[C@](C)(O)C[C@@H](C)[C@H](O)[C@H](C)[C@@H](O)[C@]1(C)O. The number of hydrogen-bond acceptors (Lipinski definition) is 14. The number of likely N-dealkylation sites (N-methyl/N-ethyl adjacent to an activating group) is 1. The number of thiazole rings is 1. The van der Waals surface area contributed by atoms with Crippen molar-refractivity contribution in [3.63, 3.8) is 0 Å². The Labute approximate surface area is 296 Å². The fourth-order valence-electron chi connectivity index (χ4n) is 7.67. The van der Waals surface area contributed by atoms with Gasteiger partial charge in [-0.25, -0.2) is 4.98 Å². The van der Waals surface area contributed by atoms with E-state index in [-0.39, 0.29) is 25.0 Å². The molecule has 0 spiro atoms. The Morgan fingerprint density at radius 2 is 1.73 bits per heavy atom. The first-order chi connectivity index (χ1) is 22.8. The summed E-state index contributed by atoms with van der Waals surface area (Å²) in [5.41, 5.74) is -3.60. The summed E-state index contributed by atoms with van der Waals surface area (Å²) in [4.78, 5) is 19.7. The maximum atomic E-state index is 13.4. The fourth-order valence-corrected chi connectivity index (χ4v) is 8.26. The van der Waals surface area contributed by atoms with Gasteiger partial charge in [0.1, 0.15) is 22.8 Å². The Morgan fingerprint density at radius 3 is 2.35 bits per heavy atom. The maximum Gasteiger partial charge on any atom is 0.311 e. The lowest BCUT2D eigenvalue weighted by Crippen LogP contribution is -2.60. The summed E-state index contributed by atoms with van der Waals surface area (Å²) in [5, 5.41) is 75.5. The Bertz CT molecular complexity index is 1140. The van der Waals surface area contributed by atoms with Crippen LogP contribution >= 0.6 is 11.3 Å². The molecule has 0 radical (unpaired) electrons. The average Bonchev–Trinajstić information content (AvgIpc) is 3.57. The average molecular weight is 718 g/mol. The van der Waals surface area contributed by atoms with Gasteiger partial charge >= 0.3 is 5.97 Å². The molecule has 3 heterocycles. The Balaban J connectivity index is 1.84. The lowest BCUT2D eigenvalue weighted by Gasteiger charge is -2.48. The Morgan fingerprint density at radius 1 is 1.06 bits per heavy atom. The van der Waals surface area contributed by atoms with E-state index in [4.69, 9.17) is 14.2 Å². The first-order valence-electron chi connectivity index (χ1n) is 17.8. The van der Waals surface area contributed by atoms with E-state index in [1.807, 2.05) is 19.4 Å². The Kier molecular flexibility index (Phi) is 15.4. The maximum absolute atomic E-state index is 13.4. The van der Waals surface area contributed by atoms with Crippen molar-refractivity contribution in [1.82, 2.24) is 15.2 Å². The first-order valence-corrected chi connectivity index (χ1v) is 18.7. The van der Waals surface area contributed by atoms with Gasteiger partial charge in [0.2, 0.25) is 0 Å². The third-order valence-electron chi connectivity index (χ3n) is 10.8. The van der Waals surface area contributed by atoms with E-state index in [1.165, 1.54) is 20.8 Å². The summed E-state index contributed by atoms with van der Waals surface area (Å²) in [6.07, 6.45) is -5.50. The zero-order valence-electron chi connectivity index (χ0n) is 30.7. The van der Waals surface area contributed by atoms with Crippen LogP contribution in [0, 0.1) is 23.7 Å². The summed E-state index contributed by atoms with van der Waals surface area (Å²) in [7, 11) is 1.95. The van der Waals surface area contributed by atoms with Crippen LogP contribution in [-0.2, 0) is 25.5 Å². The van der Waals surface area contributed by atoms with Crippen molar-refractivity contribution in [1.29, 1.82) is 0 Å². The van der Waals surface area contributed by atoms with Crippen molar-refractivity contribution < 1.29 is 49.6 Å². The molecule has 284 valence electrons. The lowest BCUT2D eigenvalue weighted by molar-refractivity contribution is -0.300. The molecule has 0 amide bonds. The molecule has 2 aliphatic rings. The minimum atomic E-state index is -1.90. The molecule has 3 rings (SSSR count). The monoisotopic (exact) mass is 717 g/mol. The van der Waals surface area contributed by atoms with Crippen molar-refractivity contribution in [2.75, 3.05) is 20.1 Å². The van der Waals surface area contributed by atoms with Gasteiger partial charge in [0.25, 0.3) is 0 Å². The fraction of sp³-hybridized carbons (Fsp3) is 0.886. The molecule has 1 unspecified atom stereocenters. The number of aliphatic hydroxyl groups excluding tert-OH is 4. The van der Waals surface area contributed by atoms with Gasteiger partial charge in [0, 0.05) is 36.0 Å². The molecule has 0 saturated carbocycles. The summed E-state index contributed by atoms with van der Waals surface area (Å²) < 4.78 is 18.3. The highest BCUT2D eigenvalue weighted by molar-refractivity contribution is 7.09. The number of ether oxygens (including phenoxy) is 3. The molecule has 0 bridgehead atoms. The van der Waals surface area contributed by atoms with Crippen LogP contribution in [0.3, 0.4) is 0 Å². The van der Waals surface area contributed by atoms with Crippen LogP contribution in [-0.4, -0.2) is 133 Å². The highest BCUT2D eigenvalue weighted by atomic mass is 32.1. The number of aromatic nitrogens is 1. The quantitative estimate of drug-likeness (QED) is 0.137. The van der Waals surface area contributed by atoms with E-state index in [2.05, 4.69) is 15.2 Å². The van der Waals surface area contributed by atoms with Crippen LogP contribution in [0.2, 0.25) is 0 Å². The van der Waals surface area contributed by atoms with Gasteiger partial charge < -0.3 is 55.1 Å². The zero-order valence-corrected chi connectivity index (χ0v) is 31.5. The number of cyclic esters (lactones) is 1. The van der Waals surface area contributed by atoms with Gasteiger partial charge in [0.15, 0.2) is 6.29 Å². The van der Waals surface area contributed by atoms with E-state index in [1.54, 1.807) is 45.2 Å². The predicted molar refractivity (Wildman–Crippen MR) is 185 cm³/mol. The summed E-state index contributed by atoms with van der Waals surface area (Å²) in [6, 6.07) is -0.313. The Hall–Kier alpha value is -1.30. The number of hydrogen-bond donors (Lipinski definition) is 7. The number of nitrogens with zero attached hydrogens (tertiary/aromatic N) is 2. The number of rotatable bonds is 10. The van der Waals surface area contributed by atoms with Crippen LogP contribution in [0.25, 0.3) is 0 Å². The predicted octanol–water partition coefficient (Wildman–Crippen LogP) is 1.66. The van der Waals surface area contributed by atoms with Gasteiger partial charge in [-0.05, 0) is 79.4 Å². The van der Waals surface area contributed by atoms with E-state index in [9.17, 15) is 35.4 Å². The molecule has 1 aromatic rings. The van der Waals surface area contributed by atoms with E-state index in [0.717, 1.165) is 18.0 Å². The van der Waals surface area contributed by atoms with Crippen molar-refractivity contribution in [2.24, 2.45) is 23.7 Å². The van der Waals surface area contributed by atoms with Crippen LogP contribution < -0.4 is 5.32 Å². The van der Waals surface area contributed by atoms with Gasteiger partial charge in [0.05, 0.1) is 42.0 Å². The molecule has 15 atom stereocenters. The van der Waals surface area contributed by atoms with Gasteiger partial charge in [-0.2, -0.15) is 0 Å². The number of carbonyl (C=O) groups excluding carboxylic acids is 1. The summed E-state index contributed by atoms with van der Waals surface area (Å²) >= 11 is 1.60. The number of aliphatic hydroxyl groups is 6. The summed E-state index contributed by atoms with van der Waals surface area (Å²) in [6.45, 7) is 15.2. The van der Waals surface area contributed by atoms with Gasteiger partial charge in [-0.3, -0.25) is 4.79 Å². The number of carbonyl (C=O) groups is 1. The molecule has 0 aromatic carbocycles. The second-order valence-electron chi connectivity index (χ2n) is 15.1. The number of esters is 1. The minimum Gasteiger partial charge on any atom is -0.459 e. The van der Waals surface area contributed by atoms with Crippen LogP contribution in [0.15, 0.2) is 11.6 Å². The molecular weight excluding hydrogens is 654 g/mol. The standard InChI is InChI=1S/C35H63N3O10S/c1-10-25-35(8,45)30(42)21(4)27(39)19(2)17-34(7,44)31(22(5)28(40)23(6)32(43)47-25)48-33-29(41)24(16-20(3)46-33)38(9)14-11-12-36-18-26-37-13-15-49-26/h13,15,19-25,27-31,33,36,39-42,44-45H,10-12,14,16-18H2,1-9H3/t19-,20-,21+,22+,23-,24?,25-,27+,28+,29-,30-,31-,33+,34-,35-/m1/s1. The lowest BCUT2D eigenvalue weighted by atomic mass is 9.73. The highest BCUT2D eigenvalue weighted by Crippen LogP contribution is 2.38. The zero-order chi connectivity index (χ0) is 36.8.